The molecule has 0 spiro atoms. The molecule has 2 aliphatic rings. The van der Waals surface area contributed by atoms with Crippen LogP contribution in [0.4, 0.5) is 49.1 Å². The second kappa shape index (κ2) is 45.2. The largest absolute Gasteiger partial charge is 0.479 e. The first-order valence-corrected chi connectivity index (χ1v) is 30.7. The maximum atomic E-state index is 10.1. The third kappa shape index (κ3) is 31.3. The van der Waals surface area contributed by atoms with Crippen LogP contribution >= 0.6 is 22.4 Å². The molecule has 0 atom stereocenters. The minimum Gasteiger partial charge on any atom is -0.479 e. The summed E-state index contributed by atoms with van der Waals surface area (Å²) >= 11 is 1.33. The summed E-state index contributed by atoms with van der Waals surface area (Å²) in [5, 5.41) is 0.184. The van der Waals surface area contributed by atoms with Gasteiger partial charge in [0.2, 0.25) is 9.05 Å². The molecule has 0 bridgehead atoms. The number of hydrogen-bond donors (Lipinski definition) is 0. The van der Waals surface area contributed by atoms with Crippen molar-refractivity contribution >= 4 is 59.4 Å². The minimum atomic E-state index is -3.26. The third-order valence-corrected chi connectivity index (χ3v) is 14.7. The van der Waals surface area contributed by atoms with Gasteiger partial charge in [0.25, 0.3) is 0 Å². The summed E-state index contributed by atoms with van der Waals surface area (Å²) in [5.74, 6) is 4.67. The van der Waals surface area contributed by atoms with E-state index in [4.69, 9.17) is 10.7 Å². The van der Waals surface area contributed by atoms with E-state index in [1.165, 1.54) is 79.0 Å². The monoisotopic (exact) mass is 1610 g/mol. The fourth-order valence-electron chi connectivity index (χ4n) is 8.87. The summed E-state index contributed by atoms with van der Waals surface area (Å²) in [6.45, 7) is 43.4. The van der Waals surface area contributed by atoms with Gasteiger partial charge in [0.05, 0.1) is 0 Å². The van der Waals surface area contributed by atoms with Gasteiger partial charge in [-0.25, -0.2) is 8.42 Å². The van der Waals surface area contributed by atoms with Crippen LogP contribution in [0.5, 0.6) is 0 Å². The summed E-state index contributed by atoms with van der Waals surface area (Å²) in [6.07, 6.45) is 10.0. The molecule has 0 saturated carbocycles. The third-order valence-electron chi connectivity index (χ3n) is 12.5. The number of rotatable bonds is 16. The zero-order valence-electron chi connectivity index (χ0n) is 52.8. The van der Waals surface area contributed by atoms with E-state index in [1.807, 2.05) is 0 Å². The Morgan fingerprint density at radius 2 is 0.647 bits per heavy atom. The van der Waals surface area contributed by atoms with Crippen LogP contribution in [0, 0.1) is 55.4 Å². The van der Waals surface area contributed by atoms with E-state index in [1.54, 1.807) is 6.92 Å². The van der Waals surface area contributed by atoms with Crippen LogP contribution in [0.2, 0.25) is 0 Å². The molecule has 0 N–H and O–H groups in total. The molecule has 0 saturated heterocycles. The van der Waals surface area contributed by atoms with E-state index in [2.05, 4.69) is 255 Å². The molecule has 18 heteroatoms. The van der Waals surface area contributed by atoms with Gasteiger partial charge in [0, 0.05) is 90.9 Å². The van der Waals surface area contributed by atoms with E-state index in [0.717, 1.165) is 12.2 Å². The van der Waals surface area contributed by atoms with Crippen molar-refractivity contribution in [2.75, 3.05) is 31.1 Å². The topological polar surface area (TPSA) is 64.2 Å². The zero-order valence-corrected chi connectivity index (χ0v) is 59.6. The van der Waals surface area contributed by atoms with Gasteiger partial charge in [-0.1, -0.05) is 203 Å². The van der Waals surface area contributed by atoms with Crippen LogP contribution in [0.3, 0.4) is 0 Å². The van der Waals surface area contributed by atoms with Gasteiger partial charge in [-0.3, -0.25) is 4.79 Å². The number of benzene rings is 4. The summed E-state index contributed by atoms with van der Waals surface area (Å²) in [4.78, 5) is 19.4. The smallest absolute Gasteiger partial charge is 0.230 e. The fourth-order valence-corrected chi connectivity index (χ4v) is 9.97. The molecule has 7 nitrogen and oxygen atoms in total. The van der Waals surface area contributed by atoms with Crippen molar-refractivity contribution in [3.05, 3.63) is 198 Å². The van der Waals surface area contributed by atoms with Crippen LogP contribution in [-0.4, -0.2) is 25.0 Å². The molecule has 0 aromatic heterocycles. The maximum absolute atomic E-state index is 10.1. The van der Waals surface area contributed by atoms with Crippen molar-refractivity contribution < 1.29 is 84.3 Å². The van der Waals surface area contributed by atoms with E-state index in [0.29, 0.717) is 53.8 Å². The molecular formula is C67H99Au2ClF6N4O3S2-8. The van der Waals surface area contributed by atoms with Gasteiger partial charge in [0.15, 0.2) is 18.5 Å². The molecule has 2 aliphatic heterocycles. The Kier molecular flexibility index (Phi) is 48.2. The number of hydrogen-bond acceptors (Lipinski definition) is 8. The zero-order chi connectivity index (χ0) is 61.4. The molecule has 85 heavy (non-hydrogen) atoms. The molecule has 4 aromatic carbocycles. The van der Waals surface area contributed by atoms with Crippen LogP contribution in [0.1, 0.15) is 230 Å². The van der Waals surface area contributed by atoms with Gasteiger partial charge in [-0.2, -0.15) is 12.8 Å². The van der Waals surface area contributed by atoms with Crippen LogP contribution < -0.4 is 19.6 Å². The van der Waals surface area contributed by atoms with Gasteiger partial charge in [-0.05, 0) is 122 Å². The first-order chi connectivity index (χ1) is 37.2. The Hall–Kier alpha value is -3.12. The average Bonchev–Trinajstić information content (AvgIpc) is 4.06. The van der Waals surface area contributed by atoms with E-state index < -0.39 is 22.4 Å². The minimum absolute atomic E-state index is 0. The van der Waals surface area contributed by atoms with Crippen molar-refractivity contribution in [3.63, 3.8) is 0 Å². The van der Waals surface area contributed by atoms with Crippen LogP contribution in [0.15, 0.2) is 97.6 Å². The van der Waals surface area contributed by atoms with E-state index in [-0.39, 0.29) is 77.9 Å². The molecule has 0 aliphatic carbocycles. The Balaban J connectivity index is -0.000000356. The second-order valence-corrected chi connectivity index (χ2v) is 25.7. The Morgan fingerprint density at radius 1 is 0.471 bits per heavy atom. The van der Waals surface area contributed by atoms with Crippen LogP contribution in [0.25, 0.3) is 0 Å². The van der Waals surface area contributed by atoms with Gasteiger partial charge in [-0.15, -0.1) is 13.3 Å². The van der Waals surface area contributed by atoms with E-state index in [9.17, 15) is 39.6 Å². The van der Waals surface area contributed by atoms with Crippen molar-refractivity contribution in [2.24, 2.45) is 0 Å². The molecule has 4 aromatic rings. The number of para-hydroxylation sites is 4. The normalized spacial score (nSPS) is 12.3. The molecule has 0 fully saturated rings. The van der Waals surface area contributed by atoms with Crippen LogP contribution in [-0.2, 0) is 58.6 Å². The first kappa shape index (κ1) is 90.6. The molecule has 0 amide bonds. The molecule has 6 rings (SSSR count). The predicted molar refractivity (Wildman–Crippen MR) is 351 cm³/mol. The number of carbonyl (C=O) groups excluding carboxylic acids is 1. The quantitative estimate of drug-likeness (QED) is 0.0476. The number of anilines is 4. The SMILES string of the molecule is C.CC(C)c1cccc(C(C)C)c1N1C=CN(c2c(C(C)C)cccc2C(C)C)[CH-]1.CC(C)c1cccc(C(C)C)c1N1C=CN(c2c(C(C)C)cccc2C(C)C)[CH-]1.F[C-](F)F.F[C-](F)F.[Au].[Au].[CH2-]CCS(=O)(=O)Cl.[CH2-]CCSC(C)=O.[CH3-].[CH3-]. The van der Waals surface area contributed by atoms with Crippen molar-refractivity contribution in [2.45, 2.75) is 185 Å². The van der Waals surface area contributed by atoms with Crippen molar-refractivity contribution in [3.8, 4) is 0 Å². The Labute approximate surface area is 553 Å². The van der Waals surface area contributed by atoms with Gasteiger partial charge in [0.1, 0.15) is 0 Å². The van der Waals surface area contributed by atoms with Gasteiger partial charge < -0.3 is 74.6 Å². The fraction of sp³-hybridized carbons (Fsp3) is 0.448. The Bertz CT molecular complexity index is 2250. The molecule has 0 unspecified atom stereocenters. The summed E-state index contributed by atoms with van der Waals surface area (Å²) in [5.41, 5.74) is 16.6. The number of thioether (sulfide) groups is 1. The molecule has 2 heterocycles. The standard InChI is InChI=1S/2C27H37N2.C5H9OS.C3H6ClO2S.2CF3.CH4.2CH3.2Au/c2*1-18(2)22-11-9-12-23(19(3)4)26(22)28-15-16-29(17-28)27-24(20(5)6)13-10-14-25(27)21(7)8;1-3-4-7-5(2)6;1-2-3-7(4,5)6;2*2-1(3)4;;;;;/h2*9-21H,1-8H3;1,3-4H2,2H3;1-3H2;;;1H4;2*1H3;;/q6*-1;;2*-1;;. The number of nitrogens with zero attached hydrogens (tertiary/aromatic N) is 4. The summed E-state index contributed by atoms with van der Waals surface area (Å²) in [6, 6.07) is 27.0. The molecule has 496 valence electrons. The Morgan fingerprint density at radius 3 is 0.741 bits per heavy atom. The summed E-state index contributed by atoms with van der Waals surface area (Å²) < 4.78 is 77.4. The van der Waals surface area contributed by atoms with Crippen molar-refractivity contribution in [1.29, 1.82) is 0 Å². The van der Waals surface area contributed by atoms with E-state index >= 15 is 0 Å². The van der Waals surface area contributed by atoms with Crippen molar-refractivity contribution in [1.82, 2.24) is 0 Å². The second-order valence-electron chi connectivity index (χ2n) is 21.6. The number of halogens is 7. The molecule has 2 radical (unpaired) electrons. The van der Waals surface area contributed by atoms with Gasteiger partial charge >= 0.3 is 0 Å². The summed E-state index contributed by atoms with van der Waals surface area (Å²) in [7, 11) is 1.50. The first-order valence-electron chi connectivity index (χ1n) is 27.3. The maximum Gasteiger partial charge on any atom is 0.230 e. The molecular weight excluding hydrogens is 1520 g/mol. The predicted octanol–water partition coefficient (Wildman–Crippen LogP) is 22.7. The average molecular weight is 1620 g/mol. The number of carbonyl (C=O) groups is 1.